The summed E-state index contributed by atoms with van der Waals surface area (Å²) in [7, 11) is 0. The van der Waals surface area contributed by atoms with Gasteiger partial charge >= 0.3 is 0 Å². The lowest BCUT2D eigenvalue weighted by atomic mass is 9.42. The van der Waals surface area contributed by atoms with Gasteiger partial charge in [-0.2, -0.15) is 0 Å². The minimum atomic E-state index is 0.324. The first-order valence-corrected chi connectivity index (χ1v) is 12.5. The summed E-state index contributed by atoms with van der Waals surface area (Å²) in [5.74, 6) is 7.24. The minimum Gasteiger partial charge on any atom is -0.295 e. The number of hydrogen-bond acceptors (Lipinski definition) is 1. The van der Waals surface area contributed by atoms with Crippen LogP contribution >= 0.6 is 0 Å². The lowest BCUT2D eigenvalue weighted by Gasteiger charge is -2.62. The molecule has 6 unspecified atom stereocenters. The number of carbonyl (C=O) groups excluding carboxylic acids is 1. The fraction of sp³-hybridized carbons (Fsp3) is 0.889. The van der Waals surface area contributed by atoms with E-state index in [0.29, 0.717) is 27.4 Å². The molecule has 1 heteroatoms. The highest BCUT2D eigenvalue weighted by molar-refractivity contribution is 5.92. The highest BCUT2D eigenvalue weighted by atomic mass is 16.1. The van der Waals surface area contributed by atoms with Crippen molar-refractivity contribution in [1.29, 1.82) is 0 Å². The number of rotatable bonds is 0. The largest absolute Gasteiger partial charge is 0.295 e. The quantitative estimate of drug-likeness (QED) is 0.475. The van der Waals surface area contributed by atoms with Crippen LogP contribution in [0.4, 0.5) is 0 Å². The zero-order chi connectivity index (χ0) is 19.3. The number of fused-ring (bicyclic) bond motifs is 12. The van der Waals surface area contributed by atoms with Crippen molar-refractivity contribution in [3.8, 4) is 0 Å². The molecule has 0 N–H and O–H groups in total. The third kappa shape index (κ3) is 1.63. The lowest BCUT2D eigenvalue weighted by molar-refractivity contribution is -0.122. The van der Waals surface area contributed by atoms with Gasteiger partial charge in [0.05, 0.1) is 0 Å². The first-order chi connectivity index (χ1) is 13.2. The molecule has 11 atom stereocenters. The van der Waals surface area contributed by atoms with Gasteiger partial charge in [0.15, 0.2) is 5.78 Å². The Morgan fingerprint density at radius 1 is 0.929 bits per heavy atom. The van der Waals surface area contributed by atoms with Crippen LogP contribution in [0.3, 0.4) is 0 Å². The SMILES string of the molecule is CC1CC[C@]2(C1)[C@H]1C[C@H]1[C@H]1C3C4CC4(C)C4=CC(=O)CCC4(C)[C@H]3CCC12C. The molecule has 6 saturated carbocycles. The molecule has 0 heterocycles. The van der Waals surface area contributed by atoms with Gasteiger partial charge in [0.1, 0.15) is 0 Å². The summed E-state index contributed by atoms with van der Waals surface area (Å²) in [5, 5.41) is 0. The molecule has 7 rings (SSSR count). The van der Waals surface area contributed by atoms with Crippen molar-refractivity contribution in [2.75, 3.05) is 0 Å². The molecule has 7 aliphatic rings. The van der Waals surface area contributed by atoms with Crippen molar-refractivity contribution in [1.82, 2.24) is 0 Å². The van der Waals surface area contributed by atoms with Crippen LogP contribution < -0.4 is 0 Å². The average Bonchev–Trinajstić information content (AvgIpc) is 3.52. The van der Waals surface area contributed by atoms with Gasteiger partial charge in [-0.05, 0) is 114 Å². The van der Waals surface area contributed by atoms with E-state index in [1.54, 1.807) is 18.4 Å². The zero-order valence-corrected chi connectivity index (χ0v) is 18.4. The summed E-state index contributed by atoms with van der Waals surface area (Å²) in [6, 6.07) is 0. The second-order valence-corrected chi connectivity index (χ2v) is 13.3. The molecule has 0 saturated heterocycles. The Labute approximate surface area is 171 Å². The van der Waals surface area contributed by atoms with Crippen molar-refractivity contribution >= 4 is 5.78 Å². The third-order valence-electron chi connectivity index (χ3n) is 12.5. The molecular weight excluding hydrogens is 340 g/mol. The second kappa shape index (κ2) is 4.67. The summed E-state index contributed by atoms with van der Waals surface area (Å²) in [4.78, 5) is 12.3. The average molecular weight is 379 g/mol. The van der Waals surface area contributed by atoms with Gasteiger partial charge in [0, 0.05) is 6.42 Å². The molecule has 7 aliphatic carbocycles. The summed E-state index contributed by atoms with van der Waals surface area (Å²) in [6.07, 6.45) is 14.5. The Bertz CT molecular complexity index is 824. The number of allylic oxidation sites excluding steroid dienone is 1. The molecule has 152 valence electrons. The van der Waals surface area contributed by atoms with E-state index in [9.17, 15) is 4.79 Å². The normalized spacial score (nSPS) is 65.8. The number of ketones is 1. The number of carbonyl (C=O) groups is 1. The van der Waals surface area contributed by atoms with Crippen LogP contribution in [0.25, 0.3) is 0 Å². The van der Waals surface area contributed by atoms with Gasteiger partial charge in [0.2, 0.25) is 0 Å². The molecule has 0 aromatic heterocycles. The van der Waals surface area contributed by atoms with E-state index in [1.807, 2.05) is 0 Å². The smallest absolute Gasteiger partial charge is 0.155 e. The van der Waals surface area contributed by atoms with E-state index in [-0.39, 0.29) is 0 Å². The minimum absolute atomic E-state index is 0.324. The molecule has 0 radical (unpaired) electrons. The van der Waals surface area contributed by atoms with Crippen molar-refractivity contribution < 1.29 is 4.79 Å². The Hall–Kier alpha value is -0.590. The maximum absolute atomic E-state index is 12.3. The lowest BCUT2D eigenvalue weighted by Crippen LogP contribution is -2.55. The van der Waals surface area contributed by atoms with E-state index in [0.717, 1.165) is 54.3 Å². The van der Waals surface area contributed by atoms with Crippen molar-refractivity contribution in [2.45, 2.75) is 85.5 Å². The molecule has 0 aromatic carbocycles. The summed E-state index contributed by atoms with van der Waals surface area (Å²) in [6.45, 7) is 10.4. The highest BCUT2D eigenvalue weighted by Crippen LogP contribution is 2.86. The first kappa shape index (κ1) is 17.1. The standard InChI is InChI=1S/C27H38O/c1-15-5-10-27(13-15)19-12-17(19)23-22-18(7-9-26(23,27)4)24(2)8-6-16(28)11-21(24)25(3)14-20(22)25/h11,15,17-20,22-23H,5-10,12-14H2,1-4H3/t15?,17-,18+,19+,20?,22?,23+,24?,25?,26?,27+/m1/s1. The van der Waals surface area contributed by atoms with Gasteiger partial charge in [-0.1, -0.05) is 39.7 Å². The van der Waals surface area contributed by atoms with Crippen molar-refractivity contribution in [3.63, 3.8) is 0 Å². The maximum atomic E-state index is 12.3. The van der Waals surface area contributed by atoms with Crippen LogP contribution in [-0.4, -0.2) is 5.78 Å². The van der Waals surface area contributed by atoms with E-state index in [1.165, 1.54) is 32.1 Å². The van der Waals surface area contributed by atoms with Gasteiger partial charge < -0.3 is 0 Å². The molecular formula is C27H38O. The Morgan fingerprint density at radius 3 is 2.50 bits per heavy atom. The van der Waals surface area contributed by atoms with E-state index < -0.39 is 0 Å². The van der Waals surface area contributed by atoms with Crippen molar-refractivity contribution in [3.05, 3.63) is 11.6 Å². The molecule has 1 nitrogen and oxygen atoms in total. The highest BCUT2D eigenvalue weighted by Gasteiger charge is 2.80. The van der Waals surface area contributed by atoms with Gasteiger partial charge in [0.25, 0.3) is 0 Å². The Balaban J connectivity index is 1.35. The van der Waals surface area contributed by atoms with Crippen LogP contribution in [-0.2, 0) is 4.79 Å². The summed E-state index contributed by atoms with van der Waals surface area (Å²) >= 11 is 0. The first-order valence-electron chi connectivity index (χ1n) is 12.5. The maximum Gasteiger partial charge on any atom is 0.155 e. The van der Waals surface area contributed by atoms with Crippen LogP contribution in [0.15, 0.2) is 11.6 Å². The van der Waals surface area contributed by atoms with E-state index >= 15 is 0 Å². The zero-order valence-electron chi connectivity index (χ0n) is 18.4. The van der Waals surface area contributed by atoms with Crippen molar-refractivity contribution in [2.24, 2.45) is 63.1 Å². The molecule has 0 amide bonds. The van der Waals surface area contributed by atoms with Crippen LogP contribution in [0.5, 0.6) is 0 Å². The Morgan fingerprint density at radius 2 is 1.75 bits per heavy atom. The second-order valence-electron chi connectivity index (χ2n) is 13.3. The molecule has 0 bridgehead atoms. The third-order valence-corrected chi connectivity index (χ3v) is 12.5. The fourth-order valence-electron chi connectivity index (χ4n) is 11.3. The number of hydrogen-bond donors (Lipinski definition) is 0. The molecule has 0 aromatic rings. The van der Waals surface area contributed by atoms with Gasteiger partial charge in [-0.3, -0.25) is 4.79 Å². The van der Waals surface area contributed by atoms with E-state index in [4.69, 9.17) is 0 Å². The Kier molecular flexibility index (Phi) is 2.86. The molecule has 1 spiro atoms. The fourth-order valence-corrected chi connectivity index (χ4v) is 11.3. The summed E-state index contributed by atoms with van der Waals surface area (Å²) < 4.78 is 0. The predicted molar refractivity (Wildman–Crippen MR) is 112 cm³/mol. The predicted octanol–water partition coefficient (Wildman–Crippen LogP) is 6.43. The van der Waals surface area contributed by atoms with Crippen LogP contribution in [0.2, 0.25) is 0 Å². The molecule has 28 heavy (non-hydrogen) atoms. The van der Waals surface area contributed by atoms with Crippen LogP contribution in [0, 0.1) is 63.1 Å². The van der Waals surface area contributed by atoms with Gasteiger partial charge in [-0.15, -0.1) is 0 Å². The van der Waals surface area contributed by atoms with Gasteiger partial charge in [-0.25, -0.2) is 0 Å². The summed E-state index contributed by atoms with van der Waals surface area (Å²) in [5.41, 5.74) is 3.62. The van der Waals surface area contributed by atoms with Crippen LogP contribution in [0.1, 0.15) is 85.5 Å². The monoisotopic (exact) mass is 378 g/mol. The molecule has 0 aliphatic heterocycles. The molecule has 6 fully saturated rings. The van der Waals surface area contributed by atoms with E-state index in [2.05, 4.69) is 33.8 Å². The topological polar surface area (TPSA) is 17.1 Å².